The van der Waals surface area contributed by atoms with E-state index in [4.69, 9.17) is 10.8 Å². The number of hydrogen-bond donors (Lipinski definition) is 10. The van der Waals surface area contributed by atoms with Crippen LogP contribution in [0, 0.1) is 11.8 Å². The molecule has 18 nitrogen and oxygen atoms in total. The molecule has 52 heavy (non-hydrogen) atoms. The second-order valence-electron chi connectivity index (χ2n) is 12.7. The lowest BCUT2D eigenvalue weighted by molar-refractivity contribution is -0.150. The molecule has 0 aliphatic carbocycles. The van der Waals surface area contributed by atoms with Crippen molar-refractivity contribution >= 4 is 53.1 Å². The highest BCUT2D eigenvalue weighted by Gasteiger charge is 2.34. The predicted molar refractivity (Wildman–Crippen MR) is 184 cm³/mol. The lowest BCUT2D eigenvalue weighted by Gasteiger charge is -2.29. The van der Waals surface area contributed by atoms with Gasteiger partial charge in [-0.1, -0.05) is 58.0 Å². The Morgan fingerprint density at radius 3 is 1.81 bits per heavy atom. The van der Waals surface area contributed by atoms with Crippen LogP contribution >= 0.6 is 0 Å². The van der Waals surface area contributed by atoms with Crippen LogP contribution in [-0.2, 0) is 35.2 Å². The van der Waals surface area contributed by atoms with E-state index in [1.807, 2.05) is 5.32 Å². The van der Waals surface area contributed by atoms with E-state index in [2.05, 4.69) is 21.3 Å². The number of aliphatic carboxylic acids is 1. The topological polar surface area (TPSA) is 304 Å². The standard InChI is InChI=1S/C34H44N6O12/c1-16(2)10-24(39-29(44)25(17(3)4)40-27(42)22(35)15-36-31(46)34(51)52)28(43)38-23(11-18-8-6-5-7-9-18)26(41)30(45)37-21-13-19(32(47)48)12-20(14-21)33(49)50/h5-9,12-14,16-17,22-26,41H,10-11,15,35H2,1-4H3,(H,36,46)(H,37,45)(H,38,43)(H,39,44)(H,40,42)(H,47,48)(H,49,50)(H,51,52)/t22-,23+,24+,25+,26-/m1/s1. The molecule has 18 heteroatoms. The number of anilines is 1. The summed E-state index contributed by atoms with van der Waals surface area (Å²) >= 11 is 0. The van der Waals surface area contributed by atoms with Gasteiger partial charge in [0.25, 0.3) is 5.91 Å². The smallest absolute Gasteiger partial charge is 0.394 e. The number of amides is 5. The number of benzene rings is 2. The van der Waals surface area contributed by atoms with Gasteiger partial charge in [-0.15, -0.1) is 0 Å². The Morgan fingerprint density at radius 2 is 1.31 bits per heavy atom. The number of carboxylic acid groups (broad SMARTS) is 3. The molecule has 2 aromatic carbocycles. The van der Waals surface area contributed by atoms with Crippen LogP contribution in [-0.4, -0.2) is 105 Å². The summed E-state index contributed by atoms with van der Waals surface area (Å²) < 4.78 is 0. The van der Waals surface area contributed by atoms with Crippen LogP contribution in [0.5, 0.6) is 0 Å². The predicted octanol–water partition coefficient (Wildman–Crippen LogP) is -0.690. The Kier molecular flexibility index (Phi) is 15.9. The maximum atomic E-state index is 13.8. The first-order valence-corrected chi connectivity index (χ1v) is 16.1. The SMILES string of the molecule is CC(C)C[C@H](NC(=O)[C@@H](NC(=O)[C@H](N)CNC(=O)C(=O)O)C(C)C)C(=O)N[C@@H](Cc1ccccc1)[C@@H](O)C(=O)Nc1cc(C(=O)O)cc(C(=O)O)c1. The molecule has 0 aliphatic heterocycles. The van der Waals surface area contributed by atoms with Gasteiger partial charge in [-0.3, -0.25) is 24.0 Å². The van der Waals surface area contributed by atoms with Crippen molar-refractivity contribution in [3.05, 3.63) is 65.2 Å². The van der Waals surface area contributed by atoms with Gasteiger partial charge in [0, 0.05) is 12.2 Å². The third kappa shape index (κ3) is 13.1. The van der Waals surface area contributed by atoms with Gasteiger partial charge in [-0.05, 0) is 48.4 Å². The summed E-state index contributed by atoms with van der Waals surface area (Å²) in [5.74, 6) is -10.3. The third-order valence-corrected chi connectivity index (χ3v) is 7.57. The van der Waals surface area contributed by atoms with E-state index in [1.54, 1.807) is 58.0 Å². The molecule has 2 aromatic rings. The fraction of sp³-hybridized carbons (Fsp3) is 0.412. The number of carbonyl (C=O) groups excluding carboxylic acids is 5. The first-order chi connectivity index (χ1) is 24.3. The van der Waals surface area contributed by atoms with Gasteiger partial charge in [0.15, 0.2) is 6.10 Å². The van der Waals surface area contributed by atoms with Crippen molar-refractivity contribution in [2.45, 2.75) is 70.8 Å². The molecule has 0 aromatic heterocycles. The zero-order valence-corrected chi connectivity index (χ0v) is 28.9. The van der Waals surface area contributed by atoms with E-state index in [1.165, 1.54) is 0 Å². The summed E-state index contributed by atoms with van der Waals surface area (Å²) in [5, 5.41) is 50.6. The first-order valence-electron chi connectivity index (χ1n) is 16.1. The molecule has 11 N–H and O–H groups in total. The average molecular weight is 729 g/mol. The summed E-state index contributed by atoms with van der Waals surface area (Å²) in [6.07, 6.45) is -1.97. The van der Waals surface area contributed by atoms with Gasteiger partial charge in [0.1, 0.15) is 18.1 Å². The number of aliphatic hydroxyl groups excluding tert-OH is 1. The average Bonchev–Trinajstić information content (AvgIpc) is 3.07. The highest BCUT2D eigenvalue weighted by atomic mass is 16.4. The second kappa shape index (κ2) is 19.5. The van der Waals surface area contributed by atoms with E-state index in [9.17, 15) is 53.7 Å². The molecular formula is C34H44N6O12. The summed E-state index contributed by atoms with van der Waals surface area (Å²) in [7, 11) is 0. The van der Waals surface area contributed by atoms with E-state index in [0.717, 1.165) is 18.2 Å². The molecule has 0 aliphatic rings. The molecule has 0 unspecified atom stereocenters. The van der Waals surface area contributed by atoms with Crippen molar-refractivity contribution in [2.75, 3.05) is 11.9 Å². The molecule has 5 amide bonds. The van der Waals surface area contributed by atoms with Gasteiger partial charge >= 0.3 is 23.8 Å². The number of nitrogens with one attached hydrogen (secondary N) is 5. The Bertz CT molecular complexity index is 1620. The van der Waals surface area contributed by atoms with Crippen LogP contribution < -0.4 is 32.3 Å². The number of carbonyl (C=O) groups is 8. The molecule has 2 rings (SSSR count). The van der Waals surface area contributed by atoms with Crippen molar-refractivity contribution in [3.8, 4) is 0 Å². The molecule has 0 bridgehead atoms. The molecule has 0 saturated heterocycles. The zero-order valence-electron chi connectivity index (χ0n) is 28.9. The second-order valence-corrected chi connectivity index (χ2v) is 12.7. The van der Waals surface area contributed by atoms with Crippen LogP contribution in [0.2, 0.25) is 0 Å². The number of aromatic carboxylic acids is 2. The Hall–Kier alpha value is -5.88. The fourth-order valence-electron chi connectivity index (χ4n) is 4.87. The quantitative estimate of drug-likeness (QED) is 0.0852. The van der Waals surface area contributed by atoms with Crippen molar-refractivity contribution in [3.63, 3.8) is 0 Å². The Labute approximate surface area is 298 Å². The van der Waals surface area contributed by atoms with Gasteiger partial charge < -0.3 is 52.7 Å². The Balaban J connectivity index is 2.32. The minimum absolute atomic E-state index is 0.0807. The number of hydrogen-bond acceptors (Lipinski definition) is 10. The van der Waals surface area contributed by atoms with E-state index >= 15 is 0 Å². The molecule has 282 valence electrons. The first kappa shape index (κ1) is 42.3. The lowest BCUT2D eigenvalue weighted by atomic mass is 9.97. The largest absolute Gasteiger partial charge is 0.478 e. The molecule has 0 saturated carbocycles. The van der Waals surface area contributed by atoms with Crippen LogP contribution in [0.4, 0.5) is 5.69 Å². The van der Waals surface area contributed by atoms with Crippen molar-refractivity contribution < 1.29 is 58.8 Å². The van der Waals surface area contributed by atoms with Crippen LogP contribution in [0.3, 0.4) is 0 Å². The molecule has 0 spiro atoms. The van der Waals surface area contributed by atoms with Crippen molar-refractivity contribution in [1.29, 1.82) is 0 Å². The summed E-state index contributed by atoms with van der Waals surface area (Å²) in [5.41, 5.74) is 5.26. The lowest BCUT2D eigenvalue weighted by Crippen LogP contribution is -2.60. The molecular weight excluding hydrogens is 684 g/mol. The van der Waals surface area contributed by atoms with Crippen molar-refractivity contribution in [1.82, 2.24) is 21.3 Å². The van der Waals surface area contributed by atoms with Gasteiger partial charge in [-0.2, -0.15) is 0 Å². The van der Waals surface area contributed by atoms with Gasteiger partial charge in [0.05, 0.1) is 17.2 Å². The highest BCUT2D eigenvalue weighted by molar-refractivity contribution is 6.31. The normalized spacial score (nSPS) is 13.8. The van der Waals surface area contributed by atoms with Crippen LogP contribution in [0.15, 0.2) is 48.5 Å². The van der Waals surface area contributed by atoms with Gasteiger partial charge in [-0.25, -0.2) is 14.4 Å². The maximum absolute atomic E-state index is 13.8. The Morgan fingerprint density at radius 1 is 0.731 bits per heavy atom. The number of rotatable bonds is 18. The molecule has 0 radical (unpaired) electrons. The van der Waals surface area contributed by atoms with Gasteiger partial charge in [0.2, 0.25) is 17.7 Å². The monoisotopic (exact) mass is 728 g/mol. The number of nitrogens with two attached hydrogens (primary N) is 1. The number of carboxylic acids is 3. The molecule has 5 atom stereocenters. The highest BCUT2D eigenvalue weighted by Crippen LogP contribution is 2.18. The number of aliphatic hydroxyl groups is 1. The van der Waals surface area contributed by atoms with E-state index in [0.29, 0.717) is 5.56 Å². The van der Waals surface area contributed by atoms with Crippen LogP contribution in [0.1, 0.15) is 60.4 Å². The van der Waals surface area contributed by atoms with Crippen molar-refractivity contribution in [2.24, 2.45) is 17.6 Å². The molecule has 0 fully saturated rings. The van der Waals surface area contributed by atoms with E-state index < -0.39 is 101 Å². The minimum Gasteiger partial charge on any atom is -0.478 e. The van der Waals surface area contributed by atoms with Crippen LogP contribution in [0.25, 0.3) is 0 Å². The molecule has 0 heterocycles. The van der Waals surface area contributed by atoms with E-state index in [-0.39, 0.29) is 24.4 Å². The maximum Gasteiger partial charge on any atom is 0.394 e. The summed E-state index contributed by atoms with van der Waals surface area (Å²) in [4.78, 5) is 98.4. The third-order valence-electron chi connectivity index (χ3n) is 7.57. The minimum atomic E-state index is -1.97. The summed E-state index contributed by atoms with van der Waals surface area (Å²) in [6, 6.07) is 6.17. The summed E-state index contributed by atoms with van der Waals surface area (Å²) in [6.45, 7) is 6.23. The zero-order chi connectivity index (χ0) is 39.3. The fourth-order valence-corrected chi connectivity index (χ4v) is 4.87.